The summed E-state index contributed by atoms with van der Waals surface area (Å²) >= 11 is 1.49. The van der Waals surface area contributed by atoms with Gasteiger partial charge in [0.2, 0.25) is 0 Å². The van der Waals surface area contributed by atoms with Crippen LogP contribution in [0.4, 0.5) is 0 Å². The molecule has 4 heteroatoms. The van der Waals surface area contributed by atoms with Gasteiger partial charge in [-0.25, -0.2) is 0 Å². The van der Waals surface area contributed by atoms with Gasteiger partial charge in [-0.2, -0.15) is 0 Å². The Morgan fingerprint density at radius 3 is 3.13 bits per heavy atom. The molecule has 0 bridgehead atoms. The second kappa shape index (κ2) is 7.54. The molecule has 1 rings (SSSR count). The molecular weight excluding hydrogens is 206 g/mol. The fourth-order valence-corrected chi connectivity index (χ4v) is 2.07. The van der Waals surface area contributed by atoms with Crippen molar-refractivity contribution in [3.63, 3.8) is 0 Å². The van der Waals surface area contributed by atoms with E-state index in [0.29, 0.717) is 6.04 Å². The molecule has 1 N–H and O–H groups in total. The van der Waals surface area contributed by atoms with Crippen LogP contribution in [-0.4, -0.2) is 16.1 Å². The fraction of sp³-hybridized carbons (Fsp3) is 0.636. The van der Waals surface area contributed by atoms with Crippen molar-refractivity contribution in [1.29, 1.82) is 0 Å². The lowest BCUT2D eigenvalue weighted by atomic mass is 10.1. The summed E-state index contributed by atoms with van der Waals surface area (Å²) in [5.41, 5.74) is 0. The van der Waals surface area contributed by atoms with Crippen LogP contribution in [0, 0.1) is 0 Å². The summed E-state index contributed by atoms with van der Waals surface area (Å²) in [5.74, 6) is 0. The molecule has 0 aromatic carbocycles. The van der Waals surface area contributed by atoms with Gasteiger partial charge in [-0.15, -0.1) is 11.7 Å². The zero-order chi connectivity index (χ0) is 10.9. The van der Waals surface area contributed by atoms with Gasteiger partial charge >= 0.3 is 0 Å². The highest BCUT2D eigenvalue weighted by atomic mass is 32.1. The summed E-state index contributed by atoms with van der Waals surface area (Å²) < 4.78 is 3.91. The third-order valence-electron chi connectivity index (χ3n) is 2.26. The lowest BCUT2D eigenvalue weighted by molar-refractivity contribution is 0.492. The molecule has 84 valence electrons. The molecule has 3 nitrogen and oxygen atoms in total. The second-order valence-electron chi connectivity index (χ2n) is 3.55. The van der Waals surface area contributed by atoms with Crippen LogP contribution in [0.5, 0.6) is 0 Å². The van der Waals surface area contributed by atoms with Gasteiger partial charge in [-0.05, 0) is 43.8 Å². The van der Waals surface area contributed by atoms with E-state index in [-0.39, 0.29) is 0 Å². The molecule has 0 fully saturated rings. The Labute approximate surface area is 95.8 Å². The van der Waals surface area contributed by atoms with Gasteiger partial charge in [0.15, 0.2) is 0 Å². The van der Waals surface area contributed by atoms with Crippen LogP contribution in [0.25, 0.3) is 0 Å². The molecule has 15 heavy (non-hydrogen) atoms. The third kappa shape index (κ3) is 4.53. The molecule has 1 aromatic heterocycles. The molecule has 0 amide bonds. The first kappa shape index (κ1) is 12.3. The van der Waals surface area contributed by atoms with Crippen LogP contribution in [0.3, 0.4) is 0 Å². The van der Waals surface area contributed by atoms with E-state index in [0.717, 1.165) is 25.8 Å². The quantitative estimate of drug-likeness (QED) is 0.546. The molecule has 0 aliphatic carbocycles. The number of unbranched alkanes of at least 4 members (excludes halogenated alkanes) is 1. The summed E-state index contributed by atoms with van der Waals surface area (Å²) in [6.07, 6.45) is 8.38. The van der Waals surface area contributed by atoms with Crippen LogP contribution in [0.2, 0.25) is 0 Å². The molecule has 0 saturated carbocycles. The van der Waals surface area contributed by atoms with Crippen molar-refractivity contribution < 1.29 is 0 Å². The highest BCUT2D eigenvalue weighted by Crippen LogP contribution is 2.21. The van der Waals surface area contributed by atoms with Crippen molar-refractivity contribution in [3.05, 3.63) is 23.7 Å². The maximum atomic E-state index is 3.91. The predicted octanol–water partition coefficient (Wildman–Crippen LogP) is 2.94. The third-order valence-corrected chi connectivity index (χ3v) is 3.04. The summed E-state index contributed by atoms with van der Waals surface area (Å²) in [5, 5.41) is 7.41. The Kier molecular flexibility index (Phi) is 6.20. The van der Waals surface area contributed by atoms with Gasteiger partial charge in [0.25, 0.3) is 0 Å². The zero-order valence-electron chi connectivity index (χ0n) is 9.28. The molecule has 1 unspecified atom stereocenters. The normalized spacial score (nSPS) is 12.6. The first-order valence-corrected chi connectivity index (χ1v) is 6.27. The maximum Gasteiger partial charge on any atom is 0.0669 e. The van der Waals surface area contributed by atoms with E-state index in [9.17, 15) is 0 Å². The molecular formula is C11H19N3S. The monoisotopic (exact) mass is 225 g/mol. The van der Waals surface area contributed by atoms with E-state index in [1.165, 1.54) is 22.8 Å². The summed E-state index contributed by atoms with van der Waals surface area (Å²) in [6, 6.07) is 0.421. The number of rotatable bonds is 8. The summed E-state index contributed by atoms with van der Waals surface area (Å²) in [7, 11) is 0. The minimum atomic E-state index is 0.421. The lowest BCUT2D eigenvalue weighted by Gasteiger charge is -2.15. The Bertz CT molecular complexity index is 259. The Morgan fingerprint density at radius 2 is 2.53 bits per heavy atom. The predicted molar refractivity (Wildman–Crippen MR) is 65.0 cm³/mol. The molecule has 1 heterocycles. The highest BCUT2D eigenvalue weighted by Gasteiger charge is 2.11. The number of aromatic nitrogens is 2. The molecule has 0 aliphatic rings. The average Bonchev–Trinajstić information content (AvgIpc) is 2.76. The average molecular weight is 225 g/mol. The van der Waals surface area contributed by atoms with Crippen LogP contribution in [0.1, 0.15) is 43.5 Å². The number of hydrogen-bond acceptors (Lipinski definition) is 4. The Hall–Kier alpha value is -0.740. The van der Waals surface area contributed by atoms with Crippen LogP contribution < -0.4 is 5.32 Å². The summed E-state index contributed by atoms with van der Waals surface area (Å²) in [4.78, 5) is 1.24. The van der Waals surface area contributed by atoms with Crippen molar-refractivity contribution in [3.8, 4) is 0 Å². The first-order valence-electron chi connectivity index (χ1n) is 5.50. The SMILES string of the molecule is C=CCCCC(NCCC)c1cnns1. The minimum Gasteiger partial charge on any atom is -0.309 e. The van der Waals surface area contributed by atoms with Crippen molar-refractivity contribution in [2.24, 2.45) is 0 Å². The van der Waals surface area contributed by atoms with E-state index < -0.39 is 0 Å². The topological polar surface area (TPSA) is 37.8 Å². The first-order chi connectivity index (χ1) is 7.38. The van der Waals surface area contributed by atoms with E-state index in [1.54, 1.807) is 0 Å². The van der Waals surface area contributed by atoms with Gasteiger partial charge in [-0.1, -0.05) is 17.5 Å². The molecule has 0 aliphatic heterocycles. The number of hydrogen-bond donors (Lipinski definition) is 1. The molecule has 0 radical (unpaired) electrons. The second-order valence-corrected chi connectivity index (χ2v) is 4.36. The van der Waals surface area contributed by atoms with E-state index in [4.69, 9.17) is 0 Å². The van der Waals surface area contributed by atoms with Gasteiger partial charge < -0.3 is 5.32 Å². The smallest absolute Gasteiger partial charge is 0.0669 e. The summed E-state index contributed by atoms with van der Waals surface area (Å²) in [6.45, 7) is 6.97. The highest BCUT2D eigenvalue weighted by molar-refractivity contribution is 7.05. The van der Waals surface area contributed by atoms with Crippen molar-refractivity contribution >= 4 is 11.5 Å². The van der Waals surface area contributed by atoms with E-state index in [2.05, 4.69) is 28.4 Å². The van der Waals surface area contributed by atoms with Gasteiger partial charge in [-0.3, -0.25) is 0 Å². The lowest BCUT2D eigenvalue weighted by Crippen LogP contribution is -2.21. The number of nitrogens with zero attached hydrogens (tertiary/aromatic N) is 2. The molecule has 0 spiro atoms. The fourth-order valence-electron chi connectivity index (χ4n) is 1.46. The maximum absolute atomic E-state index is 3.91. The largest absolute Gasteiger partial charge is 0.309 e. The Balaban J connectivity index is 2.42. The zero-order valence-corrected chi connectivity index (χ0v) is 10.1. The van der Waals surface area contributed by atoms with Crippen molar-refractivity contribution in [1.82, 2.24) is 14.9 Å². The van der Waals surface area contributed by atoms with Crippen molar-refractivity contribution in [2.45, 2.75) is 38.6 Å². The standard InChI is InChI=1S/C11H19N3S/c1-3-5-6-7-10(12-8-4-2)11-9-13-14-15-11/h3,9-10,12H,1,4-8H2,2H3. The van der Waals surface area contributed by atoms with Crippen molar-refractivity contribution in [2.75, 3.05) is 6.54 Å². The van der Waals surface area contributed by atoms with Gasteiger partial charge in [0.1, 0.15) is 0 Å². The van der Waals surface area contributed by atoms with E-state index >= 15 is 0 Å². The van der Waals surface area contributed by atoms with Crippen LogP contribution in [0.15, 0.2) is 18.9 Å². The molecule has 0 saturated heterocycles. The van der Waals surface area contributed by atoms with Gasteiger partial charge in [0, 0.05) is 6.04 Å². The minimum absolute atomic E-state index is 0.421. The molecule has 1 atom stereocenters. The molecule has 1 aromatic rings. The number of nitrogens with one attached hydrogen (secondary N) is 1. The van der Waals surface area contributed by atoms with Crippen LogP contribution in [-0.2, 0) is 0 Å². The van der Waals surface area contributed by atoms with E-state index in [1.807, 2.05) is 12.3 Å². The number of allylic oxidation sites excluding steroid dienone is 1. The van der Waals surface area contributed by atoms with Crippen LogP contribution >= 0.6 is 11.5 Å². The van der Waals surface area contributed by atoms with Gasteiger partial charge in [0.05, 0.1) is 11.1 Å². The Morgan fingerprint density at radius 1 is 1.67 bits per heavy atom.